The largest absolute Gasteiger partial charge is 0.339 e. The van der Waals surface area contributed by atoms with E-state index >= 15 is 0 Å². The normalized spacial score (nSPS) is 25.7. The minimum Gasteiger partial charge on any atom is -0.339 e. The van der Waals surface area contributed by atoms with Crippen LogP contribution in [-0.2, 0) is 6.42 Å². The lowest BCUT2D eigenvalue weighted by Crippen LogP contribution is -2.34. The molecule has 1 atom stereocenters. The van der Waals surface area contributed by atoms with Gasteiger partial charge in [0, 0.05) is 18.4 Å². The van der Waals surface area contributed by atoms with Crippen molar-refractivity contribution < 1.29 is 4.52 Å². The van der Waals surface area contributed by atoms with E-state index in [1.165, 1.54) is 51.5 Å². The van der Waals surface area contributed by atoms with Crippen LogP contribution in [0.25, 0.3) is 0 Å². The molecule has 2 fully saturated rings. The zero-order valence-corrected chi connectivity index (χ0v) is 11.0. The summed E-state index contributed by atoms with van der Waals surface area (Å²) < 4.78 is 5.38. The first-order chi connectivity index (χ1) is 8.92. The Labute approximate surface area is 109 Å². The van der Waals surface area contributed by atoms with Gasteiger partial charge in [-0.1, -0.05) is 24.4 Å². The van der Waals surface area contributed by atoms with Crippen molar-refractivity contribution in [2.75, 3.05) is 6.54 Å². The quantitative estimate of drug-likeness (QED) is 0.891. The number of nitrogens with zero attached hydrogens (tertiary/aromatic N) is 2. The molecule has 1 aromatic heterocycles. The summed E-state index contributed by atoms with van der Waals surface area (Å²) in [6, 6.07) is 0.653. The van der Waals surface area contributed by atoms with E-state index < -0.39 is 0 Å². The fraction of sp³-hybridized carbons (Fsp3) is 0.857. The van der Waals surface area contributed by atoms with E-state index in [2.05, 4.69) is 15.5 Å². The first-order valence-electron chi connectivity index (χ1n) is 7.47. The summed E-state index contributed by atoms with van der Waals surface area (Å²) in [6.45, 7) is 1.17. The molecule has 0 amide bonds. The third-order valence-corrected chi connectivity index (χ3v) is 4.32. The van der Waals surface area contributed by atoms with Crippen LogP contribution in [0.2, 0.25) is 0 Å². The molecule has 1 aromatic rings. The van der Waals surface area contributed by atoms with E-state index in [9.17, 15) is 0 Å². The summed E-state index contributed by atoms with van der Waals surface area (Å²) in [5, 5.41) is 7.72. The first-order valence-corrected chi connectivity index (χ1v) is 7.47. The molecule has 4 heteroatoms. The highest BCUT2D eigenvalue weighted by atomic mass is 16.5. The predicted molar refractivity (Wildman–Crippen MR) is 69.5 cm³/mol. The van der Waals surface area contributed by atoms with E-state index in [0.717, 1.165) is 24.6 Å². The molecular formula is C14H23N3O. The molecule has 0 bridgehead atoms. The SMILES string of the molecule is C1CCC(CCc2nc(C3CCCC3)no2)NC1. The molecule has 1 unspecified atom stereocenters. The van der Waals surface area contributed by atoms with Crippen molar-refractivity contribution in [3.63, 3.8) is 0 Å². The molecule has 0 spiro atoms. The smallest absolute Gasteiger partial charge is 0.226 e. The van der Waals surface area contributed by atoms with Crippen molar-refractivity contribution in [1.29, 1.82) is 0 Å². The van der Waals surface area contributed by atoms with Gasteiger partial charge in [-0.3, -0.25) is 0 Å². The fourth-order valence-corrected chi connectivity index (χ4v) is 3.19. The third-order valence-electron chi connectivity index (χ3n) is 4.32. The van der Waals surface area contributed by atoms with E-state index in [0.29, 0.717) is 12.0 Å². The zero-order valence-electron chi connectivity index (χ0n) is 11.0. The molecule has 1 saturated heterocycles. The lowest BCUT2D eigenvalue weighted by molar-refractivity contribution is 0.339. The van der Waals surface area contributed by atoms with E-state index in [4.69, 9.17) is 4.52 Å². The van der Waals surface area contributed by atoms with Crippen LogP contribution in [0, 0.1) is 0 Å². The molecule has 0 radical (unpaired) electrons. The molecule has 1 N–H and O–H groups in total. The van der Waals surface area contributed by atoms with Gasteiger partial charge in [0.25, 0.3) is 0 Å². The van der Waals surface area contributed by atoms with Gasteiger partial charge in [-0.05, 0) is 38.6 Å². The average Bonchev–Trinajstić information content (AvgIpc) is 3.08. The number of aromatic nitrogens is 2. The molecule has 4 nitrogen and oxygen atoms in total. The first kappa shape index (κ1) is 12.2. The molecule has 2 heterocycles. The number of piperidine rings is 1. The second-order valence-electron chi connectivity index (χ2n) is 5.71. The van der Waals surface area contributed by atoms with Gasteiger partial charge in [-0.15, -0.1) is 0 Å². The lowest BCUT2D eigenvalue weighted by atomic mass is 10.0. The number of hydrogen-bond acceptors (Lipinski definition) is 4. The maximum Gasteiger partial charge on any atom is 0.226 e. The number of aryl methyl sites for hydroxylation is 1. The Morgan fingerprint density at radius 1 is 1.11 bits per heavy atom. The zero-order chi connectivity index (χ0) is 12.2. The van der Waals surface area contributed by atoms with Gasteiger partial charge in [0.1, 0.15) is 0 Å². The number of rotatable bonds is 4. The molecule has 18 heavy (non-hydrogen) atoms. The summed E-state index contributed by atoms with van der Waals surface area (Å²) in [6.07, 6.45) is 11.2. The van der Waals surface area contributed by atoms with Crippen LogP contribution in [0.1, 0.15) is 69.0 Å². The maximum absolute atomic E-state index is 5.38. The van der Waals surface area contributed by atoms with Gasteiger partial charge in [-0.25, -0.2) is 0 Å². The lowest BCUT2D eigenvalue weighted by Gasteiger charge is -2.22. The van der Waals surface area contributed by atoms with Crippen molar-refractivity contribution in [2.24, 2.45) is 0 Å². The molecule has 1 aliphatic heterocycles. The third kappa shape index (κ3) is 2.91. The summed E-state index contributed by atoms with van der Waals surface area (Å²) in [5.74, 6) is 2.36. The van der Waals surface area contributed by atoms with Crippen molar-refractivity contribution in [3.8, 4) is 0 Å². The minimum atomic E-state index is 0.565. The molecule has 1 aliphatic carbocycles. The van der Waals surface area contributed by atoms with Crippen molar-refractivity contribution in [1.82, 2.24) is 15.5 Å². The second-order valence-corrected chi connectivity index (χ2v) is 5.71. The van der Waals surface area contributed by atoms with E-state index in [1.54, 1.807) is 0 Å². The Morgan fingerprint density at radius 2 is 1.94 bits per heavy atom. The molecule has 3 rings (SSSR count). The predicted octanol–water partition coefficient (Wildman–Crippen LogP) is 2.80. The van der Waals surface area contributed by atoms with Gasteiger partial charge < -0.3 is 9.84 Å². The second kappa shape index (κ2) is 5.83. The highest BCUT2D eigenvalue weighted by Crippen LogP contribution is 2.32. The minimum absolute atomic E-state index is 0.565. The van der Waals surface area contributed by atoms with Crippen molar-refractivity contribution in [2.45, 2.75) is 69.7 Å². The van der Waals surface area contributed by atoms with E-state index in [1.807, 2.05) is 0 Å². The average molecular weight is 249 g/mol. The molecule has 1 saturated carbocycles. The molecular weight excluding hydrogens is 226 g/mol. The Kier molecular flexibility index (Phi) is 3.93. The summed E-state index contributed by atoms with van der Waals surface area (Å²) >= 11 is 0. The number of hydrogen-bond donors (Lipinski definition) is 1. The van der Waals surface area contributed by atoms with Crippen molar-refractivity contribution in [3.05, 3.63) is 11.7 Å². The Bertz CT molecular complexity index is 365. The van der Waals surface area contributed by atoms with Crippen LogP contribution in [0.3, 0.4) is 0 Å². The van der Waals surface area contributed by atoms with Gasteiger partial charge in [0.05, 0.1) is 0 Å². The van der Waals surface area contributed by atoms with Crippen LogP contribution < -0.4 is 5.32 Å². The van der Waals surface area contributed by atoms with Gasteiger partial charge in [0.2, 0.25) is 5.89 Å². The topological polar surface area (TPSA) is 51.0 Å². The van der Waals surface area contributed by atoms with Crippen LogP contribution in [-0.4, -0.2) is 22.7 Å². The van der Waals surface area contributed by atoms with Crippen LogP contribution in [0.4, 0.5) is 0 Å². The standard InChI is InChI=1S/C14H23N3O/c1-2-6-11(5-1)14-16-13(18-17-14)9-8-12-7-3-4-10-15-12/h11-12,15H,1-10H2. The summed E-state index contributed by atoms with van der Waals surface area (Å²) in [7, 11) is 0. The van der Waals surface area contributed by atoms with E-state index in [-0.39, 0.29) is 0 Å². The number of nitrogens with one attached hydrogen (secondary N) is 1. The van der Waals surface area contributed by atoms with Crippen molar-refractivity contribution >= 4 is 0 Å². The van der Waals surface area contributed by atoms with Gasteiger partial charge in [-0.2, -0.15) is 4.98 Å². The van der Waals surface area contributed by atoms with Crippen LogP contribution in [0.5, 0.6) is 0 Å². The van der Waals surface area contributed by atoms with Gasteiger partial charge >= 0.3 is 0 Å². The maximum atomic E-state index is 5.38. The fourth-order valence-electron chi connectivity index (χ4n) is 3.19. The highest BCUT2D eigenvalue weighted by Gasteiger charge is 2.22. The monoisotopic (exact) mass is 249 g/mol. The molecule has 2 aliphatic rings. The molecule has 100 valence electrons. The van der Waals surface area contributed by atoms with Gasteiger partial charge in [0.15, 0.2) is 5.82 Å². The summed E-state index contributed by atoms with van der Waals surface area (Å²) in [5.41, 5.74) is 0. The Morgan fingerprint density at radius 3 is 2.72 bits per heavy atom. The molecule has 0 aromatic carbocycles. The van der Waals surface area contributed by atoms with Crippen LogP contribution in [0.15, 0.2) is 4.52 Å². The van der Waals surface area contributed by atoms with Crippen LogP contribution >= 0.6 is 0 Å². The Hall–Kier alpha value is -0.900. The highest BCUT2D eigenvalue weighted by molar-refractivity contribution is 4.98. The summed E-state index contributed by atoms with van der Waals surface area (Å²) in [4.78, 5) is 4.57. The Balaban J connectivity index is 1.50.